The van der Waals surface area contributed by atoms with Crippen LogP contribution in [0.3, 0.4) is 0 Å². The van der Waals surface area contributed by atoms with Crippen LogP contribution in [0.15, 0.2) is 35.4 Å². The van der Waals surface area contributed by atoms with Gasteiger partial charge in [0.05, 0.1) is 16.3 Å². The average molecular weight is 279 g/mol. The highest BCUT2D eigenvalue weighted by Gasteiger charge is 2.12. The van der Waals surface area contributed by atoms with Crippen molar-refractivity contribution in [3.63, 3.8) is 0 Å². The molecule has 0 aliphatic carbocycles. The molecule has 0 amide bonds. The molecule has 0 radical (unpaired) electrons. The SMILES string of the molecule is Cc1nn(C)cc1CNc1ccccc1S(C)(=O)=O. The van der Waals surface area contributed by atoms with Crippen LogP contribution >= 0.6 is 0 Å². The van der Waals surface area contributed by atoms with Crippen LogP contribution in [-0.4, -0.2) is 24.5 Å². The molecule has 0 bridgehead atoms. The summed E-state index contributed by atoms with van der Waals surface area (Å²) in [7, 11) is -1.36. The Hall–Kier alpha value is -1.82. The monoisotopic (exact) mass is 279 g/mol. The topological polar surface area (TPSA) is 64.0 Å². The molecule has 19 heavy (non-hydrogen) atoms. The van der Waals surface area contributed by atoms with Gasteiger partial charge in [-0.1, -0.05) is 12.1 Å². The second kappa shape index (κ2) is 5.05. The molecule has 2 aromatic rings. The van der Waals surface area contributed by atoms with Crippen molar-refractivity contribution < 1.29 is 8.42 Å². The molecule has 1 aromatic carbocycles. The normalized spacial score (nSPS) is 11.5. The Bertz CT molecular complexity index is 690. The number of nitrogens with zero attached hydrogens (tertiary/aromatic N) is 2. The van der Waals surface area contributed by atoms with Crippen molar-refractivity contribution in [1.29, 1.82) is 0 Å². The molecular weight excluding hydrogens is 262 g/mol. The van der Waals surface area contributed by atoms with Gasteiger partial charge in [-0.3, -0.25) is 4.68 Å². The van der Waals surface area contributed by atoms with E-state index in [1.165, 1.54) is 6.26 Å². The molecular formula is C13H17N3O2S. The Morgan fingerprint density at radius 1 is 1.32 bits per heavy atom. The second-order valence-electron chi connectivity index (χ2n) is 4.54. The van der Waals surface area contributed by atoms with Crippen LogP contribution in [0.1, 0.15) is 11.3 Å². The van der Waals surface area contributed by atoms with Gasteiger partial charge in [0.25, 0.3) is 0 Å². The number of benzene rings is 1. The van der Waals surface area contributed by atoms with Gasteiger partial charge in [0.1, 0.15) is 0 Å². The number of aromatic nitrogens is 2. The third-order valence-corrected chi connectivity index (χ3v) is 4.03. The van der Waals surface area contributed by atoms with Gasteiger partial charge >= 0.3 is 0 Å². The van der Waals surface area contributed by atoms with Gasteiger partial charge in [0.2, 0.25) is 0 Å². The molecule has 0 saturated heterocycles. The zero-order valence-corrected chi connectivity index (χ0v) is 12.0. The Morgan fingerprint density at radius 3 is 2.58 bits per heavy atom. The molecule has 0 spiro atoms. The maximum absolute atomic E-state index is 11.7. The zero-order valence-electron chi connectivity index (χ0n) is 11.2. The third kappa shape index (κ3) is 3.14. The van der Waals surface area contributed by atoms with Crippen LogP contribution in [0, 0.1) is 6.92 Å². The van der Waals surface area contributed by atoms with E-state index in [2.05, 4.69) is 10.4 Å². The number of aryl methyl sites for hydroxylation is 2. The minimum atomic E-state index is -3.23. The highest BCUT2D eigenvalue weighted by Crippen LogP contribution is 2.21. The highest BCUT2D eigenvalue weighted by molar-refractivity contribution is 7.90. The Labute approximate surface area is 113 Å². The van der Waals surface area contributed by atoms with E-state index in [1.54, 1.807) is 22.9 Å². The number of para-hydroxylation sites is 1. The fourth-order valence-corrected chi connectivity index (χ4v) is 2.81. The number of nitrogens with one attached hydrogen (secondary N) is 1. The molecule has 0 aliphatic heterocycles. The molecule has 5 nitrogen and oxygen atoms in total. The van der Waals surface area contributed by atoms with Crippen LogP contribution in [0.2, 0.25) is 0 Å². The first kappa shape index (κ1) is 13.6. The molecule has 0 aliphatic rings. The first-order chi connectivity index (χ1) is 8.88. The smallest absolute Gasteiger partial charge is 0.177 e. The molecule has 0 atom stereocenters. The summed E-state index contributed by atoms with van der Waals surface area (Å²) in [6, 6.07) is 6.90. The third-order valence-electron chi connectivity index (χ3n) is 2.87. The number of hydrogen-bond acceptors (Lipinski definition) is 4. The van der Waals surface area contributed by atoms with Crippen molar-refractivity contribution in [3.8, 4) is 0 Å². The summed E-state index contributed by atoms with van der Waals surface area (Å²) in [5.74, 6) is 0. The van der Waals surface area contributed by atoms with Gasteiger partial charge in [0.15, 0.2) is 9.84 Å². The van der Waals surface area contributed by atoms with E-state index >= 15 is 0 Å². The van der Waals surface area contributed by atoms with Crippen molar-refractivity contribution in [2.24, 2.45) is 7.05 Å². The van der Waals surface area contributed by atoms with Gasteiger partial charge in [0, 0.05) is 31.6 Å². The fourth-order valence-electron chi connectivity index (χ4n) is 1.95. The first-order valence-corrected chi connectivity index (χ1v) is 7.79. The van der Waals surface area contributed by atoms with Gasteiger partial charge in [-0.2, -0.15) is 5.10 Å². The van der Waals surface area contributed by atoms with Gasteiger partial charge in [-0.15, -0.1) is 0 Å². The molecule has 1 aromatic heterocycles. The number of hydrogen-bond donors (Lipinski definition) is 1. The number of rotatable bonds is 4. The van der Waals surface area contributed by atoms with Crippen LogP contribution < -0.4 is 5.32 Å². The summed E-state index contributed by atoms with van der Waals surface area (Å²) in [5, 5.41) is 7.41. The Morgan fingerprint density at radius 2 is 2.00 bits per heavy atom. The summed E-state index contributed by atoms with van der Waals surface area (Å²) in [4.78, 5) is 0.316. The van der Waals surface area contributed by atoms with Gasteiger partial charge in [-0.05, 0) is 19.1 Å². The van der Waals surface area contributed by atoms with Crippen LogP contribution in [0.25, 0.3) is 0 Å². The van der Waals surface area contributed by atoms with Crippen LogP contribution in [-0.2, 0) is 23.4 Å². The zero-order chi connectivity index (χ0) is 14.0. The van der Waals surface area contributed by atoms with E-state index in [0.717, 1.165) is 11.3 Å². The minimum absolute atomic E-state index is 0.316. The highest BCUT2D eigenvalue weighted by atomic mass is 32.2. The number of anilines is 1. The molecule has 6 heteroatoms. The van der Waals surface area contributed by atoms with Gasteiger partial charge in [-0.25, -0.2) is 8.42 Å². The maximum atomic E-state index is 11.7. The van der Waals surface area contributed by atoms with Crippen molar-refractivity contribution in [2.45, 2.75) is 18.4 Å². The van der Waals surface area contributed by atoms with E-state index in [4.69, 9.17) is 0 Å². The second-order valence-corrected chi connectivity index (χ2v) is 6.52. The van der Waals surface area contributed by atoms with E-state index < -0.39 is 9.84 Å². The Balaban J connectivity index is 2.23. The summed E-state index contributed by atoms with van der Waals surface area (Å²) < 4.78 is 25.1. The van der Waals surface area contributed by atoms with E-state index in [9.17, 15) is 8.42 Å². The van der Waals surface area contributed by atoms with Crippen molar-refractivity contribution in [2.75, 3.05) is 11.6 Å². The standard InChI is InChI=1S/C13H17N3O2S/c1-10-11(9-16(2)15-10)8-14-12-6-4-5-7-13(12)19(3,17)18/h4-7,9,14H,8H2,1-3H3. The molecule has 2 rings (SSSR count). The first-order valence-electron chi connectivity index (χ1n) is 5.90. The average Bonchev–Trinajstić information content (AvgIpc) is 2.64. The maximum Gasteiger partial charge on any atom is 0.177 e. The molecule has 0 unspecified atom stereocenters. The van der Waals surface area contributed by atoms with Crippen LogP contribution in [0.5, 0.6) is 0 Å². The molecule has 0 saturated carbocycles. The summed E-state index contributed by atoms with van der Waals surface area (Å²) >= 11 is 0. The minimum Gasteiger partial charge on any atom is -0.380 e. The lowest BCUT2D eigenvalue weighted by Gasteiger charge is -2.10. The van der Waals surface area contributed by atoms with Gasteiger partial charge < -0.3 is 5.32 Å². The van der Waals surface area contributed by atoms with Crippen LogP contribution in [0.4, 0.5) is 5.69 Å². The van der Waals surface area contributed by atoms with E-state index in [1.807, 2.05) is 26.2 Å². The van der Waals surface area contributed by atoms with Crippen molar-refractivity contribution in [3.05, 3.63) is 41.7 Å². The lowest BCUT2D eigenvalue weighted by molar-refractivity contribution is 0.602. The lowest BCUT2D eigenvalue weighted by Crippen LogP contribution is -2.06. The van der Waals surface area contributed by atoms with E-state index in [0.29, 0.717) is 17.1 Å². The molecule has 102 valence electrons. The summed E-state index contributed by atoms with van der Waals surface area (Å²) in [6.07, 6.45) is 3.13. The largest absolute Gasteiger partial charge is 0.380 e. The predicted molar refractivity (Wildman–Crippen MR) is 74.8 cm³/mol. The summed E-state index contributed by atoms with van der Waals surface area (Å²) in [6.45, 7) is 2.48. The lowest BCUT2D eigenvalue weighted by atomic mass is 10.2. The van der Waals surface area contributed by atoms with E-state index in [-0.39, 0.29) is 0 Å². The fraction of sp³-hybridized carbons (Fsp3) is 0.308. The Kier molecular flexibility index (Phi) is 3.61. The van der Waals surface area contributed by atoms with Crippen molar-refractivity contribution in [1.82, 2.24) is 9.78 Å². The number of sulfone groups is 1. The van der Waals surface area contributed by atoms with Crippen molar-refractivity contribution >= 4 is 15.5 Å². The predicted octanol–water partition coefficient (Wildman–Crippen LogP) is 1.74. The molecule has 1 N–H and O–H groups in total. The quantitative estimate of drug-likeness (QED) is 0.926. The summed E-state index contributed by atoms with van der Waals surface area (Å²) in [5.41, 5.74) is 2.60. The molecule has 1 heterocycles. The molecule has 0 fully saturated rings.